The molecule has 0 bridgehead atoms. The Kier molecular flexibility index (Phi) is 5.81. The van der Waals surface area contributed by atoms with E-state index in [0.717, 1.165) is 44.6 Å². The fraction of sp³-hybridized carbons (Fsp3) is 0.474. The highest BCUT2D eigenvalue weighted by atomic mass is 16.6. The lowest BCUT2D eigenvalue weighted by Crippen LogP contribution is -2.45. The van der Waals surface area contributed by atoms with Crippen molar-refractivity contribution >= 4 is 17.7 Å². The maximum atomic E-state index is 12.9. The van der Waals surface area contributed by atoms with E-state index in [1.165, 1.54) is 12.1 Å². The fourth-order valence-corrected chi connectivity index (χ4v) is 3.66. The van der Waals surface area contributed by atoms with Crippen molar-refractivity contribution in [1.82, 2.24) is 10.6 Å². The Morgan fingerprint density at radius 1 is 1.25 bits per heavy atom. The summed E-state index contributed by atoms with van der Waals surface area (Å²) in [6.45, 7) is 1.59. The van der Waals surface area contributed by atoms with E-state index in [-0.39, 0.29) is 11.7 Å². The smallest absolute Gasteiger partial charge is 0.338 e. The number of ether oxygens (including phenoxy) is 1. The zero-order valence-corrected chi connectivity index (χ0v) is 15.6. The van der Waals surface area contributed by atoms with Crippen molar-refractivity contribution in [2.24, 2.45) is 0 Å². The van der Waals surface area contributed by atoms with E-state index in [4.69, 9.17) is 4.74 Å². The summed E-state index contributed by atoms with van der Waals surface area (Å²) >= 11 is 0. The highest BCUT2D eigenvalue weighted by Gasteiger charge is 2.34. The van der Waals surface area contributed by atoms with Gasteiger partial charge in [0.2, 0.25) is 0 Å². The normalized spacial score (nSPS) is 20.8. The van der Waals surface area contributed by atoms with E-state index >= 15 is 0 Å². The lowest BCUT2D eigenvalue weighted by atomic mass is 9.95. The van der Waals surface area contributed by atoms with Gasteiger partial charge in [0.1, 0.15) is 6.10 Å². The molecule has 1 aliphatic carbocycles. The molecule has 1 saturated carbocycles. The third kappa shape index (κ3) is 4.24. The van der Waals surface area contributed by atoms with Crippen molar-refractivity contribution in [2.45, 2.75) is 57.6 Å². The molecule has 1 fully saturated rings. The Morgan fingerprint density at radius 2 is 1.93 bits per heavy atom. The van der Waals surface area contributed by atoms with Crippen LogP contribution in [0.15, 0.2) is 29.5 Å². The van der Waals surface area contributed by atoms with Crippen LogP contribution in [0.4, 0.5) is 10.5 Å². The minimum absolute atomic E-state index is 0.178. The number of aromatic hydroxyl groups is 1. The molecule has 2 aliphatic rings. The average Bonchev–Trinajstić information content (AvgIpc) is 2.89. The highest BCUT2D eigenvalue weighted by Crippen LogP contribution is 2.34. The predicted molar refractivity (Wildman–Crippen MR) is 99.5 cm³/mol. The van der Waals surface area contributed by atoms with Gasteiger partial charge in [-0.1, -0.05) is 18.9 Å². The first kappa shape index (κ1) is 19.7. The lowest BCUT2D eigenvalue weighted by Gasteiger charge is -2.29. The molecule has 9 nitrogen and oxygen atoms in total. The molecule has 0 unspecified atom stereocenters. The monoisotopic (exact) mass is 389 g/mol. The van der Waals surface area contributed by atoms with Gasteiger partial charge >= 0.3 is 17.7 Å². The first-order valence-corrected chi connectivity index (χ1v) is 9.33. The zero-order valence-electron chi connectivity index (χ0n) is 15.6. The third-order valence-electron chi connectivity index (χ3n) is 5.09. The number of nitrogens with zero attached hydrogens (tertiary/aromatic N) is 1. The summed E-state index contributed by atoms with van der Waals surface area (Å²) in [5, 5.41) is 26.0. The van der Waals surface area contributed by atoms with E-state index in [9.17, 15) is 24.8 Å². The first-order chi connectivity index (χ1) is 13.4. The number of phenols is 1. The maximum Gasteiger partial charge on any atom is 0.338 e. The molecule has 3 rings (SSSR count). The van der Waals surface area contributed by atoms with Crippen LogP contribution in [0, 0.1) is 10.1 Å². The number of benzene rings is 1. The molecular formula is C19H23N3O6. The molecule has 28 heavy (non-hydrogen) atoms. The van der Waals surface area contributed by atoms with Crippen LogP contribution in [-0.4, -0.2) is 28.1 Å². The number of amides is 2. The minimum atomic E-state index is -0.911. The van der Waals surface area contributed by atoms with Crippen LogP contribution < -0.4 is 10.6 Å². The number of carbonyl (C=O) groups excluding carboxylic acids is 2. The Morgan fingerprint density at radius 3 is 2.57 bits per heavy atom. The average molecular weight is 389 g/mol. The van der Waals surface area contributed by atoms with Crippen LogP contribution in [0.3, 0.4) is 0 Å². The molecule has 0 saturated heterocycles. The largest absolute Gasteiger partial charge is 0.502 e. The molecule has 150 valence electrons. The summed E-state index contributed by atoms with van der Waals surface area (Å²) < 4.78 is 5.70. The molecule has 0 aromatic heterocycles. The first-order valence-electron chi connectivity index (χ1n) is 9.33. The number of hydrogen-bond donors (Lipinski definition) is 3. The van der Waals surface area contributed by atoms with Crippen LogP contribution in [-0.2, 0) is 9.53 Å². The molecule has 1 aromatic carbocycles. The van der Waals surface area contributed by atoms with E-state index < -0.39 is 34.4 Å². The number of urea groups is 1. The van der Waals surface area contributed by atoms with E-state index in [1.54, 1.807) is 6.92 Å². The van der Waals surface area contributed by atoms with Crippen molar-refractivity contribution < 1.29 is 24.4 Å². The number of nitro groups is 1. The molecule has 1 heterocycles. The maximum absolute atomic E-state index is 12.9. The van der Waals surface area contributed by atoms with Crippen molar-refractivity contribution in [3.63, 3.8) is 0 Å². The summed E-state index contributed by atoms with van der Waals surface area (Å²) in [5.41, 5.74) is 0.345. The number of rotatable bonds is 4. The van der Waals surface area contributed by atoms with E-state index in [2.05, 4.69) is 10.6 Å². The standard InChI is InChI=1S/C19H23N3O6/c1-11-16(18(24)28-13-6-4-2-3-5-7-13)17(21-19(25)20-11)12-8-9-15(23)14(10-12)22(26)27/h8-10,13,17,23H,2-7H2,1H3,(H2,20,21,25)/t17-/m0/s1. The molecule has 0 radical (unpaired) electrons. The minimum Gasteiger partial charge on any atom is -0.502 e. The summed E-state index contributed by atoms with van der Waals surface area (Å²) in [7, 11) is 0. The molecule has 2 amide bonds. The lowest BCUT2D eigenvalue weighted by molar-refractivity contribution is -0.385. The molecule has 0 spiro atoms. The van der Waals surface area contributed by atoms with E-state index in [1.807, 2.05) is 0 Å². The molecule has 1 aromatic rings. The quantitative estimate of drug-likeness (QED) is 0.314. The summed E-state index contributed by atoms with van der Waals surface area (Å²) in [6.07, 6.45) is 5.65. The van der Waals surface area contributed by atoms with Gasteiger partial charge in [0.25, 0.3) is 0 Å². The number of nitrogens with one attached hydrogen (secondary N) is 2. The number of carbonyl (C=O) groups is 2. The van der Waals surface area contributed by atoms with Gasteiger partial charge in [-0.05, 0) is 44.2 Å². The molecule has 1 aliphatic heterocycles. The van der Waals surface area contributed by atoms with Crippen molar-refractivity contribution in [2.75, 3.05) is 0 Å². The van der Waals surface area contributed by atoms with Crippen LogP contribution >= 0.6 is 0 Å². The molecular weight excluding hydrogens is 366 g/mol. The zero-order chi connectivity index (χ0) is 20.3. The second kappa shape index (κ2) is 8.28. The second-order valence-electron chi connectivity index (χ2n) is 7.09. The van der Waals surface area contributed by atoms with Gasteiger partial charge in [0.05, 0.1) is 16.5 Å². The summed E-state index contributed by atoms with van der Waals surface area (Å²) in [4.78, 5) is 35.3. The highest BCUT2D eigenvalue weighted by molar-refractivity contribution is 5.95. The Bertz CT molecular complexity index is 827. The number of esters is 1. The number of hydrogen-bond acceptors (Lipinski definition) is 6. The van der Waals surface area contributed by atoms with Crippen molar-refractivity contribution in [1.29, 1.82) is 0 Å². The Labute approximate surface area is 161 Å². The Balaban J connectivity index is 1.91. The fourth-order valence-electron chi connectivity index (χ4n) is 3.66. The van der Waals surface area contributed by atoms with E-state index in [0.29, 0.717) is 11.3 Å². The molecule has 1 atom stereocenters. The van der Waals surface area contributed by atoms with Gasteiger partial charge in [-0.25, -0.2) is 9.59 Å². The predicted octanol–water partition coefficient (Wildman–Crippen LogP) is 3.19. The van der Waals surface area contributed by atoms with Gasteiger partial charge in [0, 0.05) is 11.8 Å². The van der Waals surface area contributed by atoms with Crippen LogP contribution in [0.25, 0.3) is 0 Å². The van der Waals surface area contributed by atoms with Gasteiger partial charge < -0.3 is 20.5 Å². The van der Waals surface area contributed by atoms with Gasteiger partial charge in [-0.3, -0.25) is 10.1 Å². The van der Waals surface area contributed by atoms with Gasteiger partial charge in [0.15, 0.2) is 5.75 Å². The van der Waals surface area contributed by atoms with Crippen LogP contribution in [0.1, 0.15) is 57.1 Å². The van der Waals surface area contributed by atoms with Gasteiger partial charge in [-0.15, -0.1) is 0 Å². The molecule has 9 heteroatoms. The number of allylic oxidation sites excluding steroid dienone is 1. The summed E-state index contributed by atoms with van der Waals surface area (Å²) in [5.74, 6) is -1.05. The number of phenolic OH excluding ortho intramolecular Hbond substituents is 1. The van der Waals surface area contributed by atoms with Crippen LogP contribution in [0.5, 0.6) is 5.75 Å². The Hall–Kier alpha value is -3.10. The SMILES string of the molecule is CC1=C(C(=O)OC2CCCCCC2)[C@H](c2ccc(O)c([N+](=O)[O-])c2)NC(=O)N1. The second-order valence-corrected chi connectivity index (χ2v) is 7.09. The number of nitro benzene ring substituents is 1. The van der Waals surface area contributed by atoms with Crippen molar-refractivity contribution in [3.05, 3.63) is 45.1 Å². The molecule has 3 N–H and O–H groups in total. The summed E-state index contributed by atoms with van der Waals surface area (Å²) in [6, 6.07) is 2.32. The third-order valence-corrected chi connectivity index (χ3v) is 5.09. The van der Waals surface area contributed by atoms with Gasteiger partial charge in [-0.2, -0.15) is 0 Å². The van der Waals surface area contributed by atoms with Crippen LogP contribution in [0.2, 0.25) is 0 Å². The topological polar surface area (TPSA) is 131 Å². The van der Waals surface area contributed by atoms with Crippen molar-refractivity contribution in [3.8, 4) is 5.75 Å².